The zero-order valence-corrected chi connectivity index (χ0v) is 26.2. The van der Waals surface area contributed by atoms with Crippen LogP contribution in [-0.4, -0.2) is 36.7 Å². The van der Waals surface area contributed by atoms with Crippen molar-refractivity contribution in [3.63, 3.8) is 0 Å². The van der Waals surface area contributed by atoms with Gasteiger partial charge in [-0.25, -0.2) is 0 Å². The quantitative estimate of drug-likeness (QED) is 0.312. The summed E-state index contributed by atoms with van der Waals surface area (Å²) in [5.74, 6) is 0.548. The van der Waals surface area contributed by atoms with E-state index in [0.29, 0.717) is 43.4 Å². The van der Waals surface area contributed by atoms with Crippen molar-refractivity contribution in [1.82, 2.24) is 4.90 Å². The van der Waals surface area contributed by atoms with Crippen LogP contribution in [-0.2, 0) is 20.9 Å². The fraction of sp³-hybridized carbons (Fsp3) is 0.455. The lowest BCUT2D eigenvalue weighted by Crippen LogP contribution is -2.45. The lowest BCUT2D eigenvalue weighted by Gasteiger charge is -2.49. The van der Waals surface area contributed by atoms with Crippen molar-refractivity contribution in [2.45, 2.75) is 65.9 Å². The predicted octanol–water partition coefficient (Wildman–Crippen LogP) is 8.01. The summed E-state index contributed by atoms with van der Waals surface area (Å²) in [5, 5.41) is 0.668. The second-order valence-corrected chi connectivity index (χ2v) is 14.1. The minimum atomic E-state index is -0.394. The highest BCUT2D eigenvalue weighted by molar-refractivity contribution is 9.10. The number of carbonyl (C=O) groups excluding carboxylic acids is 2. The molecule has 3 aliphatic rings. The number of nitrogens with zero attached hydrogens (tertiary/aromatic N) is 1. The number of halogens is 2. The van der Waals surface area contributed by atoms with Gasteiger partial charge in [-0.05, 0) is 75.0 Å². The molecule has 0 bridgehead atoms. The molecule has 0 amide bonds. The third-order valence-electron chi connectivity index (χ3n) is 8.11. The summed E-state index contributed by atoms with van der Waals surface area (Å²) in [6, 6.07) is 13.5. The van der Waals surface area contributed by atoms with Crippen LogP contribution in [0.25, 0.3) is 0 Å². The van der Waals surface area contributed by atoms with Crippen molar-refractivity contribution in [3.05, 3.63) is 85.6 Å². The summed E-state index contributed by atoms with van der Waals surface area (Å²) in [6.07, 6.45) is 2.48. The van der Waals surface area contributed by atoms with Crippen molar-refractivity contribution < 1.29 is 19.1 Å². The number of methoxy groups -OCH3 is 1. The molecule has 5 rings (SSSR count). The van der Waals surface area contributed by atoms with Gasteiger partial charge in [-0.15, -0.1) is 0 Å². The molecular formula is C33H37BrClNO4. The predicted molar refractivity (Wildman–Crippen MR) is 161 cm³/mol. The van der Waals surface area contributed by atoms with Crippen LogP contribution in [0.15, 0.2) is 69.5 Å². The van der Waals surface area contributed by atoms with Gasteiger partial charge >= 0.3 is 0 Å². The van der Waals surface area contributed by atoms with Gasteiger partial charge < -0.3 is 14.4 Å². The minimum absolute atomic E-state index is 0.125. The molecule has 5 nitrogen and oxygen atoms in total. The molecule has 0 fully saturated rings. The van der Waals surface area contributed by atoms with Crippen molar-refractivity contribution in [3.8, 4) is 5.75 Å². The smallest absolute Gasteiger partial charge is 0.162 e. The number of hydrogen-bond acceptors (Lipinski definition) is 5. The average Bonchev–Trinajstić information content (AvgIpc) is 2.85. The van der Waals surface area contributed by atoms with E-state index in [0.717, 1.165) is 51.0 Å². The van der Waals surface area contributed by atoms with Crippen LogP contribution in [0.1, 0.15) is 70.4 Å². The Bertz CT molecular complexity index is 1370. The molecule has 0 N–H and O–H groups in total. The molecule has 212 valence electrons. The van der Waals surface area contributed by atoms with E-state index >= 15 is 0 Å². The van der Waals surface area contributed by atoms with E-state index in [1.807, 2.05) is 42.5 Å². The topological polar surface area (TPSA) is 55.8 Å². The summed E-state index contributed by atoms with van der Waals surface area (Å²) in [5.41, 5.74) is 5.21. The lowest BCUT2D eigenvalue weighted by atomic mass is 9.63. The molecule has 40 heavy (non-hydrogen) atoms. The Labute approximate surface area is 250 Å². The highest BCUT2D eigenvalue weighted by Gasteiger charge is 2.48. The Kier molecular flexibility index (Phi) is 8.08. The second-order valence-electron chi connectivity index (χ2n) is 12.8. The molecule has 2 aliphatic carbocycles. The Morgan fingerprint density at radius 2 is 1.55 bits per heavy atom. The van der Waals surface area contributed by atoms with E-state index in [-0.39, 0.29) is 22.4 Å². The number of benzene rings is 2. The van der Waals surface area contributed by atoms with Gasteiger partial charge in [0.15, 0.2) is 11.6 Å². The van der Waals surface area contributed by atoms with Gasteiger partial charge in [0.25, 0.3) is 0 Å². The zero-order valence-electron chi connectivity index (χ0n) is 23.9. The maximum Gasteiger partial charge on any atom is 0.162 e. The summed E-state index contributed by atoms with van der Waals surface area (Å²) < 4.78 is 12.4. The Morgan fingerprint density at radius 3 is 2.10 bits per heavy atom. The van der Waals surface area contributed by atoms with Gasteiger partial charge in [0, 0.05) is 60.0 Å². The van der Waals surface area contributed by atoms with Gasteiger partial charge in [0.2, 0.25) is 0 Å². The molecule has 0 radical (unpaired) electrons. The van der Waals surface area contributed by atoms with E-state index in [4.69, 9.17) is 21.1 Å². The largest absolute Gasteiger partial charge is 0.488 e. The number of Topliss-reactive ketones (excluding diaryl/α,β-unsaturated/α-hetero) is 2. The second kappa shape index (κ2) is 11.1. The van der Waals surface area contributed by atoms with Gasteiger partial charge in [-0.2, -0.15) is 0 Å². The summed E-state index contributed by atoms with van der Waals surface area (Å²) in [7, 11) is 1.69. The molecule has 0 spiro atoms. The average molecular weight is 627 g/mol. The van der Waals surface area contributed by atoms with Crippen molar-refractivity contribution in [1.29, 1.82) is 0 Å². The Morgan fingerprint density at radius 1 is 0.925 bits per heavy atom. The number of hydrogen-bond donors (Lipinski definition) is 0. The van der Waals surface area contributed by atoms with Crippen molar-refractivity contribution in [2.24, 2.45) is 10.8 Å². The number of rotatable bonds is 7. The lowest BCUT2D eigenvalue weighted by molar-refractivity contribution is -0.119. The van der Waals surface area contributed by atoms with E-state index in [1.165, 1.54) is 0 Å². The maximum atomic E-state index is 13.9. The number of carbonyl (C=O) groups is 2. The first kappa shape index (κ1) is 29.1. The molecule has 1 heterocycles. The van der Waals surface area contributed by atoms with E-state index in [2.05, 4.69) is 48.5 Å². The van der Waals surface area contributed by atoms with Gasteiger partial charge in [-0.1, -0.05) is 57.5 Å². The maximum absolute atomic E-state index is 13.9. The molecule has 7 heteroatoms. The van der Waals surface area contributed by atoms with Gasteiger partial charge in [0.1, 0.15) is 12.4 Å². The fourth-order valence-electron chi connectivity index (χ4n) is 6.44. The molecule has 2 aromatic carbocycles. The first-order valence-corrected chi connectivity index (χ1v) is 15.0. The molecular weight excluding hydrogens is 590 g/mol. The summed E-state index contributed by atoms with van der Waals surface area (Å²) >= 11 is 9.84. The van der Waals surface area contributed by atoms with Crippen LogP contribution in [0.2, 0.25) is 5.02 Å². The molecule has 0 atom stereocenters. The minimum Gasteiger partial charge on any atom is -0.488 e. The third-order valence-corrected chi connectivity index (χ3v) is 8.97. The first-order chi connectivity index (χ1) is 18.9. The molecule has 0 unspecified atom stereocenters. The van der Waals surface area contributed by atoms with Gasteiger partial charge in [0.05, 0.1) is 11.1 Å². The SMILES string of the molecule is COCCN1C2=C(C(=O)CC(C)(C)C2)C(c2ccc(OCc3cccc(Cl)c3)c(Br)c2)C2=C1CC(C)(C)CC2=O. The fourth-order valence-corrected chi connectivity index (χ4v) is 7.16. The number of allylic oxidation sites excluding steroid dienone is 4. The molecule has 1 aliphatic heterocycles. The summed E-state index contributed by atoms with van der Waals surface area (Å²) in [6.45, 7) is 10.1. The van der Waals surface area contributed by atoms with Gasteiger partial charge in [-0.3, -0.25) is 9.59 Å². The summed E-state index contributed by atoms with van der Waals surface area (Å²) in [4.78, 5) is 30.0. The highest BCUT2D eigenvalue weighted by atomic mass is 79.9. The zero-order chi connectivity index (χ0) is 28.8. The Hall–Kier alpha value is -2.41. The van der Waals surface area contributed by atoms with Crippen LogP contribution in [0.3, 0.4) is 0 Å². The van der Waals surface area contributed by atoms with Crippen LogP contribution in [0.5, 0.6) is 5.75 Å². The standard InChI is InChI=1S/C33H37BrClNO4/c1-32(2)15-24-30(26(37)17-32)29(31-25(36(24)11-12-39-5)16-33(3,4)18-27(31)38)21-9-10-28(23(34)14-21)40-19-20-7-6-8-22(35)13-20/h6-10,13-14,29H,11-12,15-19H2,1-5H3. The number of ether oxygens (including phenoxy) is 2. The first-order valence-electron chi connectivity index (χ1n) is 13.8. The van der Waals surface area contributed by atoms with Crippen LogP contribution >= 0.6 is 27.5 Å². The monoisotopic (exact) mass is 625 g/mol. The van der Waals surface area contributed by atoms with E-state index in [9.17, 15) is 9.59 Å². The van der Waals surface area contributed by atoms with Crippen molar-refractivity contribution >= 4 is 39.1 Å². The highest BCUT2D eigenvalue weighted by Crippen LogP contribution is 2.54. The van der Waals surface area contributed by atoms with Crippen LogP contribution < -0.4 is 4.74 Å². The molecule has 2 aromatic rings. The van der Waals surface area contributed by atoms with Crippen LogP contribution in [0.4, 0.5) is 0 Å². The van der Waals surface area contributed by atoms with E-state index in [1.54, 1.807) is 7.11 Å². The molecule has 0 saturated heterocycles. The van der Waals surface area contributed by atoms with Crippen LogP contribution in [0, 0.1) is 10.8 Å². The number of ketones is 2. The molecule has 0 aromatic heterocycles. The normalized spacial score (nSPS) is 20.5. The van der Waals surface area contributed by atoms with E-state index < -0.39 is 5.92 Å². The molecule has 0 saturated carbocycles. The Balaban J connectivity index is 1.59. The van der Waals surface area contributed by atoms with Crippen molar-refractivity contribution in [2.75, 3.05) is 20.3 Å². The third kappa shape index (κ3) is 5.81.